The van der Waals surface area contributed by atoms with Gasteiger partial charge < -0.3 is 5.73 Å². The Kier molecular flexibility index (Phi) is 4.52. The van der Waals surface area contributed by atoms with Gasteiger partial charge in [-0.2, -0.15) is 10.4 Å². The van der Waals surface area contributed by atoms with Crippen molar-refractivity contribution in [2.45, 2.75) is 19.8 Å². The summed E-state index contributed by atoms with van der Waals surface area (Å²) < 4.78 is 0. The quantitative estimate of drug-likeness (QED) is 0.445. The fourth-order valence-corrected chi connectivity index (χ4v) is 2.21. The molecule has 106 valence electrons. The molecule has 2 aromatic rings. The zero-order valence-electron chi connectivity index (χ0n) is 11.9. The predicted molar refractivity (Wildman–Crippen MR) is 86.5 cm³/mol. The molecule has 0 spiro atoms. The van der Waals surface area contributed by atoms with Gasteiger partial charge in [-0.05, 0) is 23.4 Å². The molecule has 0 fully saturated rings. The molecule has 0 bridgehead atoms. The van der Waals surface area contributed by atoms with Crippen LogP contribution in [-0.2, 0) is 6.42 Å². The fourth-order valence-electron chi connectivity index (χ4n) is 2.21. The van der Waals surface area contributed by atoms with Crippen LogP contribution in [0.2, 0.25) is 0 Å². The Balaban J connectivity index is 2.45. The van der Waals surface area contributed by atoms with Gasteiger partial charge in [-0.15, -0.1) is 0 Å². The summed E-state index contributed by atoms with van der Waals surface area (Å²) in [6.07, 6.45) is 2.10. The zero-order valence-corrected chi connectivity index (χ0v) is 11.9. The number of nitriles is 1. The first-order valence-electron chi connectivity index (χ1n) is 6.76. The van der Waals surface area contributed by atoms with Crippen LogP contribution in [0.5, 0.6) is 0 Å². The lowest BCUT2D eigenvalue weighted by atomic mass is 10.00. The van der Waals surface area contributed by atoms with Crippen molar-refractivity contribution in [2.24, 2.45) is 10.8 Å². The first-order chi connectivity index (χ1) is 10.2. The van der Waals surface area contributed by atoms with E-state index in [4.69, 9.17) is 16.4 Å². The Morgan fingerprint density at radius 1 is 1.29 bits per heavy atom. The molecule has 0 saturated heterocycles. The van der Waals surface area contributed by atoms with Crippen molar-refractivity contribution < 1.29 is 0 Å². The minimum absolute atomic E-state index is 0.128. The second-order valence-electron chi connectivity index (χ2n) is 4.67. The number of nitrogens with zero attached hydrogens (tertiary/aromatic N) is 2. The molecule has 0 aliphatic carbocycles. The molecule has 5 heteroatoms. The Morgan fingerprint density at radius 2 is 2.00 bits per heavy atom. The van der Waals surface area contributed by atoms with Crippen molar-refractivity contribution in [3.05, 3.63) is 42.0 Å². The second-order valence-corrected chi connectivity index (χ2v) is 4.67. The summed E-state index contributed by atoms with van der Waals surface area (Å²) in [5.41, 5.74) is 10.1. The van der Waals surface area contributed by atoms with Gasteiger partial charge in [0.2, 0.25) is 5.71 Å². The van der Waals surface area contributed by atoms with Crippen molar-refractivity contribution >= 4 is 28.0 Å². The van der Waals surface area contributed by atoms with Gasteiger partial charge in [-0.3, -0.25) is 10.8 Å². The van der Waals surface area contributed by atoms with E-state index < -0.39 is 0 Å². The number of hydrazone groups is 1. The topological polar surface area (TPSA) is 98.0 Å². The SMILES string of the molecule is CCCc1ccc(N/N=C(\C#N)C(=N)N)c2ccccc12. The smallest absolute Gasteiger partial charge is 0.201 e. The predicted octanol–water partition coefficient (Wildman–Crippen LogP) is 3.02. The molecule has 4 N–H and O–H groups in total. The Morgan fingerprint density at radius 3 is 2.62 bits per heavy atom. The molecule has 0 unspecified atom stereocenters. The highest BCUT2D eigenvalue weighted by Gasteiger charge is 2.06. The molecule has 0 aromatic heterocycles. The molecule has 5 nitrogen and oxygen atoms in total. The van der Waals surface area contributed by atoms with E-state index in [9.17, 15) is 0 Å². The average Bonchev–Trinajstić information content (AvgIpc) is 2.49. The van der Waals surface area contributed by atoms with Gasteiger partial charge in [0.15, 0.2) is 5.84 Å². The molecular weight excluding hydrogens is 262 g/mol. The minimum atomic E-state index is -0.350. The molecule has 0 atom stereocenters. The molecule has 0 radical (unpaired) electrons. The standard InChI is InChI=1S/C16H17N5/c1-2-5-11-8-9-14(13-7-4-3-6-12(11)13)20-21-15(10-17)16(18)19/h3-4,6-9,20H,2,5H2,1H3,(H3,18,19)/b21-15+. The van der Waals surface area contributed by atoms with Crippen LogP contribution in [0.3, 0.4) is 0 Å². The number of hydrogen-bond donors (Lipinski definition) is 3. The highest BCUT2D eigenvalue weighted by Crippen LogP contribution is 2.27. The number of rotatable bonds is 5. The van der Waals surface area contributed by atoms with Gasteiger partial charge in [0, 0.05) is 5.39 Å². The van der Waals surface area contributed by atoms with Crippen LogP contribution < -0.4 is 11.2 Å². The molecule has 2 rings (SSSR count). The third-order valence-corrected chi connectivity index (χ3v) is 3.18. The number of fused-ring (bicyclic) bond motifs is 1. The van der Waals surface area contributed by atoms with E-state index in [2.05, 4.69) is 29.6 Å². The first-order valence-corrected chi connectivity index (χ1v) is 6.76. The number of nitrogens with two attached hydrogens (primary N) is 1. The maximum Gasteiger partial charge on any atom is 0.201 e. The lowest BCUT2D eigenvalue weighted by Gasteiger charge is -2.10. The van der Waals surface area contributed by atoms with Gasteiger partial charge in [-0.25, -0.2) is 0 Å². The van der Waals surface area contributed by atoms with Gasteiger partial charge in [0.25, 0.3) is 0 Å². The number of nitrogens with one attached hydrogen (secondary N) is 2. The highest BCUT2D eigenvalue weighted by atomic mass is 15.3. The van der Waals surface area contributed by atoms with Crippen LogP contribution in [0.25, 0.3) is 10.8 Å². The minimum Gasteiger partial charge on any atom is -0.382 e. The number of benzene rings is 2. The summed E-state index contributed by atoms with van der Waals surface area (Å²) >= 11 is 0. The van der Waals surface area contributed by atoms with Gasteiger partial charge in [0.1, 0.15) is 6.07 Å². The molecule has 0 heterocycles. The molecule has 2 aromatic carbocycles. The van der Waals surface area contributed by atoms with E-state index in [1.165, 1.54) is 10.9 Å². The summed E-state index contributed by atoms with van der Waals surface area (Å²) in [6, 6.07) is 13.8. The summed E-state index contributed by atoms with van der Waals surface area (Å²) in [6.45, 7) is 2.15. The largest absolute Gasteiger partial charge is 0.382 e. The molecule has 0 amide bonds. The second kappa shape index (κ2) is 6.53. The maximum absolute atomic E-state index is 8.86. The monoisotopic (exact) mass is 279 g/mol. The van der Waals surface area contributed by atoms with Gasteiger partial charge in [0.05, 0.1) is 5.69 Å². The Hall–Kier alpha value is -2.87. The molecule has 21 heavy (non-hydrogen) atoms. The van der Waals surface area contributed by atoms with E-state index in [-0.39, 0.29) is 11.5 Å². The van der Waals surface area contributed by atoms with E-state index >= 15 is 0 Å². The summed E-state index contributed by atoms with van der Waals surface area (Å²) in [5.74, 6) is -0.350. The molecule has 0 aliphatic rings. The summed E-state index contributed by atoms with van der Waals surface area (Å²) in [5, 5.41) is 22.2. The van der Waals surface area contributed by atoms with E-state index in [1.54, 1.807) is 6.07 Å². The first kappa shape index (κ1) is 14.5. The third-order valence-electron chi connectivity index (χ3n) is 3.18. The van der Waals surface area contributed by atoms with Crippen molar-refractivity contribution in [3.63, 3.8) is 0 Å². The zero-order chi connectivity index (χ0) is 15.2. The lowest BCUT2D eigenvalue weighted by molar-refractivity contribution is 0.929. The number of amidine groups is 1. The molecule has 0 aliphatic heterocycles. The van der Waals surface area contributed by atoms with Crippen molar-refractivity contribution in [1.82, 2.24) is 0 Å². The van der Waals surface area contributed by atoms with Crippen LogP contribution >= 0.6 is 0 Å². The summed E-state index contributed by atoms with van der Waals surface area (Å²) in [4.78, 5) is 0. The van der Waals surface area contributed by atoms with Crippen molar-refractivity contribution in [1.29, 1.82) is 10.7 Å². The normalized spacial score (nSPS) is 11.1. The van der Waals surface area contributed by atoms with Crippen LogP contribution in [0, 0.1) is 16.7 Å². The Labute approximate surface area is 123 Å². The molecular formula is C16H17N5. The fraction of sp³-hybridized carbons (Fsp3) is 0.188. The summed E-state index contributed by atoms with van der Waals surface area (Å²) in [7, 11) is 0. The van der Waals surface area contributed by atoms with Crippen LogP contribution in [0.15, 0.2) is 41.5 Å². The van der Waals surface area contributed by atoms with Crippen LogP contribution in [0.1, 0.15) is 18.9 Å². The van der Waals surface area contributed by atoms with Crippen molar-refractivity contribution in [3.8, 4) is 6.07 Å². The highest BCUT2D eigenvalue weighted by molar-refractivity contribution is 6.45. The maximum atomic E-state index is 8.86. The third kappa shape index (κ3) is 3.18. The van der Waals surface area contributed by atoms with Crippen molar-refractivity contribution in [2.75, 3.05) is 5.43 Å². The lowest BCUT2D eigenvalue weighted by Crippen LogP contribution is -2.21. The van der Waals surface area contributed by atoms with Gasteiger partial charge in [-0.1, -0.05) is 43.7 Å². The van der Waals surface area contributed by atoms with E-state index in [1.807, 2.05) is 24.3 Å². The van der Waals surface area contributed by atoms with E-state index in [0.717, 1.165) is 23.9 Å². The van der Waals surface area contributed by atoms with E-state index in [0.29, 0.717) is 0 Å². The van der Waals surface area contributed by atoms with Gasteiger partial charge >= 0.3 is 0 Å². The average molecular weight is 279 g/mol. The number of hydrogen-bond acceptors (Lipinski definition) is 4. The van der Waals surface area contributed by atoms with Crippen LogP contribution in [0.4, 0.5) is 5.69 Å². The van der Waals surface area contributed by atoms with Crippen LogP contribution in [-0.4, -0.2) is 11.5 Å². The Bertz CT molecular complexity index is 740. The number of aryl methyl sites for hydroxylation is 1. The number of anilines is 1. The molecule has 0 saturated carbocycles.